The lowest BCUT2D eigenvalue weighted by molar-refractivity contribution is -0.136. The van der Waals surface area contributed by atoms with Gasteiger partial charge in [0.15, 0.2) is 0 Å². The number of nitrogens with one attached hydrogen (secondary N) is 2. The van der Waals surface area contributed by atoms with Gasteiger partial charge in [0.05, 0.1) is 0 Å². The topological polar surface area (TPSA) is 50.4 Å². The Morgan fingerprint density at radius 3 is 2.88 bits per heavy atom. The SMILES string of the molecule is O=C(NC1CCCCNC1)C1CCCCO1. The summed E-state index contributed by atoms with van der Waals surface area (Å²) in [5, 5.41) is 6.45. The lowest BCUT2D eigenvalue weighted by atomic mass is 10.1. The monoisotopic (exact) mass is 226 g/mol. The van der Waals surface area contributed by atoms with E-state index in [2.05, 4.69) is 10.6 Å². The van der Waals surface area contributed by atoms with Crippen LogP contribution in [0.25, 0.3) is 0 Å². The first-order chi connectivity index (χ1) is 7.86. The van der Waals surface area contributed by atoms with Crippen molar-refractivity contribution in [2.24, 2.45) is 0 Å². The molecule has 0 saturated carbocycles. The summed E-state index contributed by atoms with van der Waals surface area (Å²) in [4.78, 5) is 11.9. The lowest BCUT2D eigenvalue weighted by Crippen LogP contribution is -2.46. The molecule has 2 aliphatic rings. The van der Waals surface area contributed by atoms with Crippen LogP contribution in [0.15, 0.2) is 0 Å². The molecule has 0 aromatic carbocycles. The Kier molecular flexibility index (Phi) is 4.60. The highest BCUT2D eigenvalue weighted by atomic mass is 16.5. The third kappa shape index (κ3) is 3.46. The largest absolute Gasteiger partial charge is 0.368 e. The van der Waals surface area contributed by atoms with Gasteiger partial charge < -0.3 is 15.4 Å². The van der Waals surface area contributed by atoms with E-state index in [0.717, 1.165) is 45.4 Å². The molecule has 0 spiro atoms. The van der Waals surface area contributed by atoms with E-state index in [1.165, 1.54) is 12.8 Å². The molecule has 2 N–H and O–H groups in total. The van der Waals surface area contributed by atoms with Crippen molar-refractivity contribution in [3.63, 3.8) is 0 Å². The van der Waals surface area contributed by atoms with E-state index in [0.29, 0.717) is 6.04 Å². The van der Waals surface area contributed by atoms with Gasteiger partial charge in [-0.3, -0.25) is 4.79 Å². The summed E-state index contributed by atoms with van der Waals surface area (Å²) < 4.78 is 5.48. The van der Waals surface area contributed by atoms with Crippen LogP contribution in [0.4, 0.5) is 0 Å². The van der Waals surface area contributed by atoms with Crippen molar-refractivity contribution in [1.82, 2.24) is 10.6 Å². The van der Waals surface area contributed by atoms with Gasteiger partial charge in [-0.1, -0.05) is 6.42 Å². The summed E-state index contributed by atoms with van der Waals surface area (Å²) in [5.74, 6) is 0.0911. The Hall–Kier alpha value is -0.610. The molecule has 2 fully saturated rings. The predicted molar refractivity (Wildman–Crippen MR) is 62.2 cm³/mol. The molecule has 4 heteroatoms. The van der Waals surface area contributed by atoms with Crippen molar-refractivity contribution >= 4 is 5.91 Å². The standard InChI is InChI=1S/C12H22N2O2/c15-12(11-6-2-4-8-16-11)14-10-5-1-3-7-13-9-10/h10-11,13H,1-9H2,(H,14,15). The van der Waals surface area contributed by atoms with Crippen LogP contribution in [-0.4, -0.2) is 37.7 Å². The van der Waals surface area contributed by atoms with E-state index >= 15 is 0 Å². The smallest absolute Gasteiger partial charge is 0.249 e. The Bertz CT molecular complexity index is 219. The Labute approximate surface area is 97.1 Å². The van der Waals surface area contributed by atoms with E-state index in [1.54, 1.807) is 0 Å². The fourth-order valence-corrected chi connectivity index (χ4v) is 2.38. The summed E-state index contributed by atoms with van der Waals surface area (Å²) in [6.07, 6.45) is 6.39. The summed E-state index contributed by atoms with van der Waals surface area (Å²) in [6.45, 7) is 2.71. The first kappa shape index (κ1) is 11.9. The molecule has 1 amide bonds. The average Bonchev–Trinajstić information content (AvgIpc) is 2.59. The second-order valence-corrected chi connectivity index (χ2v) is 4.76. The summed E-state index contributed by atoms with van der Waals surface area (Å²) in [6, 6.07) is 0.292. The molecule has 2 heterocycles. The highest BCUT2D eigenvalue weighted by Crippen LogP contribution is 2.13. The van der Waals surface area contributed by atoms with E-state index in [1.807, 2.05) is 0 Å². The average molecular weight is 226 g/mol. The highest BCUT2D eigenvalue weighted by molar-refractivity contribution is 5.81. The fourth-order valence-electron chi connectivity index (χ4n) is 2.38. The van der Waals surface area contributed by atoms with Gasteiger partial charge in [-0.05, 0) is 38.6 Å². The third-order valence-corrected chi connectivity index (χ3v) is 3.37. The van der Waals surface area contributed by atoms with Gasteiger partial charge in [-0.25, -0.2) is 0 Å². The Morgan fingerprint density at radius 2 is 2.06 bits per heavy atom. The zero-order chi connectivity index (χ0) is 11.2. The molecular formula is C12H22N2O2. The lowest BCUT2D eigenvalue weighted by Gasteiger charge is -2.24. The van der Waals surface area contributed by atoms with Crippen LogP contribution in [0.3, 0.4) is 0 Å². The van der Waals surface area contributed by atoms with Crippen molar-refractivity contribution in [3.8, 4) is 0 Å². The molecule has 2 aliphatic heterocycles. The number of carbonyl (C=O) groups excluding carboxylic acids is 1. The minimum absolute atomic E-state index is 0.0911. The molecule has 2 saturated heterocycles. The maximum atomic E-state index is 11.9. The van der Waals surface area contributed by atoms with E-state index < -0.39 is 0 Å². The Balaban J connectivity index is 1.76. The Morgan fingerprint density at radius 1 is 1.19 bits per heavy atom. The zero-order valence-corrected chi connectivity index (χ0v) is 9.84. The summed E-state index contributed by atoms with van der Waals surface area (Å²) in [7, 11) is 0. The highest BCUT2D eigenvalue weighted by Gasteiger charge is 2.24. The normalized spacial score (nSPS) is 31.8. The van der Waals surface area contributed by atoms with Gasteiger partial charge in [0.25, 0.3) is 0 Å². The minimum atomic E-state index is -0.197. The first-order valence-corrected chi connectivity index (χ1v) is 6.49. The molecule has 2 unspecified atom stereocenters. The van der Waals surface area contributed by atoms with Crippen molar-refractivity contribution in [2.45, 2.75) is 50.7 Å². The number of carbonyl (C=O) groups is 1. The van der Waals surface area contributed by atoms with Crippen molar-refractivity contribution in [2.75, 3.05) is 19.7 Å². The first-order valence-electron chi connectivity index (χ1n) is 6.49. The second-order valence-electron chi connectivity index (χ2n) is 4.76. The third-order valence-electron chi connectivity index (χ3n) is 3.37. The van der Waals surface area contributed by atoms with Crippen LogP contribution in [-0.2, 0) is 9.53 Å². The van der Waals surface area contributed by atoms with E-state index in [-0.39, 0.29) is 12.0 Å². The molecule has 0 aromatic rings. The van der Waals surface area contributed by atoms with E-state index in [4.69, 9.17) is 4.74 Å². The summed E-state index contributed by atoms with van der Waals surface area (Å²) >= 11 is 0. The zero-order valence-electron chi connectivity index (χ0n) is 9.84. The molecule has 0 radical (unpaired) electrons. The van der Waals surface area contributed by atoms with Gasteiger partial charge >= 0.3 is 0 Å². The molecule has 2 rings (SSSR count). The molecule has 4 nitrogen and oxygen atoms in total. The van der Waals surface area contributed by atoms with Crippen LogP contribution < -0.4 is 10.6 Å². The maximum Gasteiger partial charge on any atom is 0.249 e. The number of hydrogen-bond donors (Lipinski definition) is 2. The molecule has 16 heavy (non-hydrogen) atoms. The van der Waals surface area contributed by atoms with E-state index in [9.17, 15) is 4.79 Å². The predicted octanol–water partition coefficient (Wildman–Crippen LogP) is 0.814. The van der Waals surface area contributed by atoms with Gasteiger partial charge in [-0.15, -0.1) is 0 Å². The van der Waals surface area contributed by atoms with Crippen LogP contribution >= 0.6 is 0 Å². The number of amides is 1. The van der Waals surface area contributed by atoms with Crippen molar-refractivity contribution < 1.29 is 9.53 Å². The molecule has 0 aliphatic carbocycles. The van der Waals surface area contributed by atoms with Crippen molar-refractivity contribution in [3.05, 3.63) is 0 Å². The van der Waals surface area contributed by atoms with Gasteiger partial charge in [0.2, 0.25) is 5.91 Å². The molecule has 0 bridgehead atoms. The van der Waals surface area contributed by atoms with Gasteiger partial charge in [-0.2, -0.15) is 0 Å². The second kappa shape index (κ2) is 6.21. The van der Waals surface area contributed by atoms with Crippen LogP contribution in [0, 0.1) is 0 Å². The van der Waals surface area contributed by atoms with Crippen LogP contribution in [0.2, 0.25) is 0 Å². The van der Waals surface area contributed by atoms with Gasteiger partial charge in [0.1, 0.15) is 6.10 Å². The fraction of sp³-hybridized carbons (Fsp3) is 0.917. The number of ether oxygens (including phenoxy) is 1. The maximum absolute atomic E-state index is 11.9. The quantitative estimate of drug-likeness (QED) is 0.732. The minimum Gasteiger partial charge on any atom is -0.368 e. The van der Waals surface area contributed by atoms with Gasteiger partial charge in [0, 0.05) is 19.2 Å². The molecule has 92 valence electrons. The van der Waals surface area contributed by atoms with Crippen LogP contribution in [0.5, 0.6) is 0 Å². The summed E-state index contributed by atoms with van der Waals surface area (Å²) in [5.41, 5.74) is 0. The molecule has 2 atom stereocenters. The molecule has 0 aromatic heterocycles. The number of rotatable bonds is 2. The van der Waals surface area contributed by atoms with Crippen LogP contribution in [0.1, 0.15) is 38.5 Å². The molecular weight excluding hydrogens is 204 g/mol. The number of hydrogen-bond acceptors (Lipinski definition) is 3. The van der Waals surface area contributed by atoms with Crippen molar-refractivity contribution in [1.29, 1.82) is 0 Å².